The van der Waals surface area contributed by atoms with Crippen LogP contribution < -0.4 is 0 Å². The Balaban J connectivity index is 2.22. The molecule has 1 heterocycles. The number of Topliss-reactive ketones (excluding diaryl/α,β-unsaturated/α-hetero) is 1. The van der Waals surface area contributed by atoms with Crippen molar-refractivity contribution in [3.05, 3.63) is 60.0 Å². The van der Waals surface area contributed by atoms with Crippen LogP contribution in [0.2, 0.25) is 0 Å². The number of ketones is 1. The quantitative estimate of drug-likeness (QED) is 0.514. The van der Waals surface area contributed by atoms with E-state index in [9.17, 15) is 14.0 Å². The maximum absolute atomic E-state index is 13.1. The van der Waals surface area contributed by atoms with Crippen molar-refractivity contribution in [2.45, 2.75) is 0 Å². The molecular weight excluding hydrogens is 343 g/mol. The van der Waals surface area contributed by atoms with Gasteiger partial charge in [-0.15, -0.1) is 11.6 Å². The molecule has 1 aromatic heterocycles. The molecule has 6 heteroatoms. The molecule has 0 saturated carbocycles. The van der Waals surface area contributed by atoms with E-state index in [4.69, 9.17) is 11.6 Å². The molecule has 1 amide bonds. The first-order chi connectivity index (χ1) is 11.9. The van der Waals surface area contributed by atoms with E-state index in [0.29, 0.717) is 16.5 Å². The monoisotopic (exact) mass is 358 g/mol. The average Bonchev–Trinajstić information content (AvgIpc) is 2.99. The van der Waals surface area contributed by atoms with Gasteiger partial charge in [0.25, 0.3) is 0 Å². The van der Waals surface area contributed by atoms with Gasteiger partial charge in [-0.05, 0) is 29.3 Å². The summed E-state index contributed by atoms with van der Waals surface area (Å²) in [6.07, 6.45) is 1.52. The van der Waals surface area contributed by atoms with Gasteiger partial charge < -0.3 is 4.90 Å². The number of amides is 1. The van der Waals surface area contributed by atoms with Gasteiger partial charge >= 0.3 is 6.03 Å². The lowest BCUT2D eigenvalue weighted by Crippen LogP contribution is -2.26. The molecule has 0 aliphatic heterocycles. The van der Waals surface area contributed by atoms with E-state index in [1.54, 1.807) is 32.3 Å². The highest BCUT2D eigenvalue weighted by Gasteiger charge is 2.19. The number of alkyl halides is 1. The van der Waals surface area contributed by atoms with Gasteiger partial charge in [-0.25, -0.2) is 9.18 Å². The Morgan fingerprint density at radius 3 is 2.32 bits per heavy atom. The number of fused-ring (bicyclic) bond motifs is 1. The topological polar surface area (TPSA) is 42.3 Å². The number of nitrogens with zero attached hydrogens (tertiary/aromatic N) is 2. The zero-order valence-electron chi connectivity index (χ0n) is 13.8. The summed E-state index contributed by atoms with van der Waals surface area (Å²) in [5, 5.41) is 0.659. The highest BCUT2D eigenvalue weighted by Crippen LogP contribution is 2.29. The normalized spacial score (nSPS) is 10.9. The molecule has 0 spiro atoms. The summed E-state index contributed by atoms with van der Waals surface area (Å²) in [5.41, 5.74) is 2.65. The number of hydrogen-bond donors (Lipinski definition) is 0. The van der Waals surface area contributed by atoms with Crippen LogP contribution in [0.25, 0.3) is 22.0 Å². The maximum Gasteiger partial charge on any atom is 0.328 e. The van der Waals surface area contributed by atoms with Crippen molar-refractivity contribution in [3.8, 4) is 11.1 Å². The molecule has 0 atom stereocenters. The summed E-state index contributed by atoms with van der Waals surface area (Å²) in [7, 11) is 3.28. The van der Waals surface area contributed by atoms with Crippen molar-refractivity contribution in [3.63, 3.8) is 0 Å². The highest BCUT2D eigenvalue weighted by atomic mass is 35.5. The van der Waals surface area contributed by atoms with Crippen molar-refractivity contribution in [1.82, 2.24) is 9.47 Å². The summed E-state index contributed by atoms with van der Waals surface area (Å²) in [6.45, 7) is 0. The van der Waals surface area contributed by atoms with E-state index in [2.05, 4.69) is 0 Å². The predicted octanol–water partition coefficient (Wildman–Crippen LogP) is 4.40. The van der Waals surface area contributed by atoms with Crippen LogP contribution in [0.15, 0.2) is 48.7 Å². The standard InChI is InChI=1S/C19H16ClFN2O2/c1-22(2)19(25)23-11-16(18(24)10-20)15-8-5-13(9-17(15)23)12-3-6-14(21)7-4-12/h3-9,11H,10H2,1-2H3. The number of carbonyl (C=O) groups is 2. The van der Waals surface area contributed by atoms with Crippen molar-refractivity contribution in [2.75, 3.05) is 20.0 Å². The fraction of sp³-hybridized carbons (Fsp3) is 0.158. The lowest BCUT2D eigenvalue weighted by molar-refractivity contribution is 0.102. The first-order valence-corrected chi connectivity index (χ1v) is 8.17. The van der Waals surface area contributed by atoms with Crippen LogP contribution in [0, 0.1) is 5.82 Å². The van der Waals surface area contributed by atoms with Crippen LogP contribution in [-0.2, 0) is 0 Å². The molecule has 0 bridgehead atoms. The van der Waals surface area contributed by atoms with E-state index in [0.717, 1.165) is 11.1 Å². The number of hydrogen-bond acceptors (Lipinski definition) is 2. The fourth-order valence-electron chi connectivity index (χ4n) is 2.72. The van der Waals surface area contributed by atoms with E-state index >= 15 is 0 Å². The van der Waals surface area contributed by atoms with Gasteiger partial charge in [0.15, 0.2) is 5.78 Å². The minimum Gasteiger partial charge on any atom is -0.330 e. The van der Waals surface area contributed by atoms with E-state index < -0.39 is 0 Å². The Kier molecular flexibility index (Phi) is 4.59. The van der Waals surface area contributed by atoms with Gasteiger partial charge in [0, 0.05) is 31.2 Å². The van der Waals surface area contributed by atoms with Crippen molar-refractivity contribution >= 4 is 34.3 Å². The number of halogens is 2. The third-order valence-corrected chi connectivity index (χ3v) is 4.24. The van der Waals surface area contributed by atoms with Gasteiger partial charge in [0.1, 0.15) is 5.82 Å². The molecule has 2 aromatic carbocycles. The zero-order chi connectivity index (χ0) is 18.1. The third-order valence-electron chi connectivity index (χ3n) is 3.99. The summed E-state index contributed by atoms with van der Waals surface area (Å²) in [4.78, 5) is 26.0. The Hall–Kier alpha value is -2.66. The van der Waals surface area contributed by atoms with Gasteiger partial charge in [0.2, 0.25) is 0 Å². The largest absolute Gasteiger partial charge is 0.330 e. The number of carbonyl (C=O) groups excluding carboxylic acids is 2. The minimum absolute atomic E-state index is 0.158. The molecule has 0 N–H and O–H groups in total. The van der Waals surface area contributed by atoms with E-state index in [-0.39, 0.29) is 23.5 Å². The Labute approximate surface area is 149 Å². The average molecular weight is 359 g/mol. The van der Waals surface area contributed by atoms with Crippen LogP contribution in [0.3, 0.4) is 0 Å². The second-order valence-corrected chi connectivity index (χ2v) is 6.15. The Morgan fingerprint density at radius 1 is 1.08 bits per heavy atom. The van der Waals surface area contributed by atoms with Crippen LogP contribution in [0.5, 0.6) is 0 Å². The Bertz CT molecular complexity index is 961. The summed E-state index contributed by atoms with van der Waals surface area (Å²) in [5.74, 6) is -0.716. The van der Waals surface area contributed by atoms with E-state index in [1.165, 1.54) is 27.8 Å². The van der Waals surface area contributed by atoms with Gasteiger partial charge in [0.05, 0.1) is 11.4 Å². The molecule has 0 unspecified atom stereocenters. The number of benzene rings is 2. The molecule has 4 nitrogen and oxygen atoms in total. The maximum atomic E-state index is 13.1. The van der Waals surface area contributed by atoms with Crippen LogP contribution in [0.1, 0.15) is 10.4 Å². The van der Waals surface area contributed by atoms with Crippen molar-refractivity contribution in [1.29, 1.82) is 0 Å². The van der Waals surface area contributed by atoms with Gasteiger partial charge in [-0.3, -0.25) is 9.36 Å². The van der Waals surface area contributed by atoms with Crippen LogP contribution in [0.4, 0.5) is 9.18 Å². The minimum atomic E-state index is -0.314. The first kappa shape index (κ1) is 17.2. The smallest absolute Gasteiger partial charge is 0.328 e. The summed E-state index contributed by atoms with van der Waals surface area (Å²) >= 11 is 5.69. The lowest BCUT2D eigenvalue weighted by atomic mass is 10.0. The lowest BCUT2D eigenvalue weighted by Gasteiger charge is -2.12. The van der Waals surface area contributed by atoms with Crippen LogP contribution in [-0.4, -0.2) is 41.3 Å². The van der Waals surface area contributed by atoms with Crippen LogP contribution >= 0.6 is 11.6 Å². The molecule has 0 aliphatic carbocycles. The molecule has 3 aromatic rings. The highest BCUT2D eigenvalue weighted by molar-refractivity contribution is 6.32. The number of aromatic nitrogens is 1. The Morgan fingerprint density at radius 2 is 1.72 bits per heavy atom. The SMILES string of the molecule is CN(C)C(=O)n1cc(C(=O)CCl)c2ccc(-c3ccc(F)cc3)cc21. The zero-order valence-corrected chi connectivity index (χ0v) is 14.5. The first-order valence-electron chi connectivity index (χ1n) is 7.64. The predicted molar refractivity (Wildman–Crippen MR) is 96.9 cm³/mol. The summed E-state index contributed by atoms with van der Waals surface area (Å²) < 4.78 is 14.6. The second kappa shape index (κ2) is 6.69. The number of rotatable bonds is 3. The fourth-order valence-corrected chi connectivity index (χ4v) is 2.86. The van der Waals surface area contributed by atoms with Gasteiger partial charge in [-0.1, -0.05) is 24.3 Å². The van der Waals surface area contributed by atoms with Crippen molar-refractivity contribution < 1.29 is 14.0 Å². The van der Waals surface area contributed by atoms with E-state index in [1.807, 2.05) is 12.1 Å². The third kappa shape index (κ3) is 3.15. The second-order valence-electron chi connectivity index (χ2n) is 5.89. The molecular formula is C19H16ClFN2O2. The summed E-state index contributed by atoms with van der Waals surface area (Å²) in [6, 6.07) is 11.3. The molecule has 0 saturated heterocycles. The van der Waals surface area contributed by atoms with Gasteiger partial charge in [-0.2, -0.15) is 0 Å². The molecule has 3 rings (SSSR count). The molecule has 25 heavy (non-hydrogen) atoms. The molecule has 0 radical (unpaired) electrons. The van der Waals surface area contributed by atoms with Crippen molar-refractivity contribution in [2.24, 2.45) is 0 Å². The molecule has 128 valence electrons. The molecule has 0 fully saturated rings. The molecule has 0 aliphatic rings.